The Hall–Kier alpha value is -1.82. The number of hydrogen-bond acceptors (Lipinski definition) is 2. The topological polar surface area (TPSA) is 26.3 Å². The molecule has 0 bridgehead atoms. The second-order valence-corrected chi connectivity index (χ2v) is 2.79. The lowest BCUT2D eigenvalue weighted by molar-refractivity contribution is -0.141. The van der Waals surface area contributed by atoms with Crippen LogP contribution in [0.3, 0.4) is 0 Å². The molecule has 0 spiro atoms. The standard InChI is InChI=1S/C12H11FO2/c1-2-15-12(14)8-4-6-10-5-3-7-11(13)9-10/h3,5,7,9H,2,8H2,1H3. The molecule has 1 rings (SSSR count). The maximum Gasteiger partial charge on any atom is 0.317 e. The Labute approximate surface area is 88.1 Å². The van der Waals surface area contributed by atoms with Gasteiger partial charge < -0.3 is 4.74 Å². The van der Waals surface area contributed by atoms with Gasteiger partial charge in [-0.25, -0.2) is 4.39 Å². The summed E-state index contributed by atoms with van der Waals surface area (Å²) < 4.78 is 17.4. The van der Waals surface area contributed by atoms with Crippen molar-refractivity contribution in [2.45, 2.75) is 13.3 Å². The minimum absolute atomic E-state index is 0.0321. The fourth-order valence-electron chi connectivity index (χ4n) is 0.997. The van der Waals surface area contributed by atoms with Crippen LogP contribution in [0, 0.1) is 17.7 Å². The highest BCUT2D eigenvalue weighted by molar-refractivity contribution is 5.72. The molecule has 0 aliphatic rings. The molecular weight excluding hydrogens is 195 g/mol. The van der Waals surface area contributed by atoms with Crippen molar-refractivity contribution in [3.63, 3.8) is 0 Å². The minimum Gasteiger partial charge on any atom is -0.465 e. The van der Waals surface area contributed by atoms with Gasteiger partial charge in [-0.1, -0.05) is 17.9 Å². The normalized spacial score (nSPS) is 8.93. The lowest BCUT2D eigenvalue weighted by Crippen LogP contribution is -2.01. The number of esters is 1. The van der Waals surface area contributed by atoms with Gasteiger partial charge in [0.15, 0.2) is 0 Å². The molecule has 0 aromatic heterocycles. The van der Waals surface area contributed by atoms with Crippen LogP contribution in [0.2, 0.25) is 0 Å². The van der Waals surface area contributed by atoms with Gasteiger partial charge >= 0.3 is 5.97 Å². The Morgan fingerprint density at radius 1 is 1.53 bits per heavy atom. The minimum atomic E-state index is -0.360. The SMILES string of the molecule is CCOC(=O)CC#Cc1cccc(F)c1. The highest BCUT2D eigenvalue weighted by Crippen LogP contribution is 2.01. The number of carbonyl (C=O) groups excluding carboxylic acids is 1. The van der Waals surface area contributed by atoms with Crippen molar-refractivity contribution in [3.05, 3.63) is 35.6 Å². The molecule has 1 aromatic rings. The molecule has 0 amide bonds. The molecule has 0 saturated heterocycles. The molecule has 0 atom stereocenters. The van der Waals surface area contributed by atoms with Gasteiger partial charge in [0.05, 0.1) is 6.61 Å². The molecule has 0 fully saturated rings. The van der Waals surface area contributed by atoms with Gasteiger partial charge in [-0.3, -0.25) is 4.79 Å². The van der Waals surface area contributed by atoms with E-state index in [2.05, 4.69) is 16.6 Å². The highest BCUT2D eigenvalue weighted by atomic mass is 19.1. The van der Waals surface area contributed by atoms with E-state index in [9.17, 15) is 9.18 Å². The Kier molecular flexibility index (Phi) is 4.36. The van der Waals surface area contributed by atoms with Gasteiger partial charge in [0.1, 0.15) is 12.2 Å². The molecule has 0 aliphatic heterocycles. The Morgan fingerprint density at radius 2 is 2.33 bits per heavy atom. The fraction of sp³-hybridized carbons (Fsp3) is 0.250. The van der Waals surface area contributed by atoms with Crippen molar-refractivity contribution in [1.29, 1.82) is 0 Å². The summed E-state index contributed by atoms with van der Waals surface area (Å²) in [5.74, 6) is 4.61. The van der Waals surface area contributed by atoms with Crippen molar-refractivity contribution in [2.24, 2.45) is 0 Å². The molecule has 3 heteroatoms. The summed E-state index contributed by atoms with van der Waals surface area (Å²) in [5.41, 5.74) is 0.555. The molecule has 15 heavy (non-hydrogen) atoms. The first-order valence-corrected chi connectivity index (χ1v) is 4.62. The average Bonchev–Trinajstić information content (AvgIpc) is 2.18. The van der Waals surface area contributed by atoms with Crippen molar-refractivity contribution in [2.75, 3.05) is 6.61 Å². The van der Waals surface area contributed by atoms with Gasteiger partial charge in [-0.2, -0.15) is 0 Å². The van der Waals surface area contributed by atoms with Crippen LogP contribution in [0.5, 0.6) is 0 Å². The van der Waals surface area contributed by atoms with Gasteiger partial charge in [-0.15, -0.1) is 0 Å². The number of rotatable bonds is 2. The van der Waals surface area contributed by atoms with Crippen LogP contribution in [-0.2, 0) is 9.53 Å². The van der Waals surface area contributed by atoms with Crippen molar-refractivity contribution >= 4 is 5.97 Å². The van der Waals surface area contributed by atoms with Crippen LogP contribution < -0.4 is 0 Å². The Morgan fingerprint density at radius 3 is 3.00 bits per heavy atom. The molecule has 0 radical (unpaired) electrons. The van der Waals surface area contributed by atoms with Crippen molar-refractivity contribution < 1.29 is 13.9 Å². The predicted octanol–water partition coefficient (Wildman–Crippen LogP) is 2.13. The van der Waals surface area contributed by atoms with Crippen molar-refractivity contribution in [3.8, 4) is 11.8 Å². The maximum atomic E-state index is 12.7. The summed E-state index contributed by atoms with van der Waals surface area (Å²) in [4.78, 5) is 10.9. The molecule has 78 valence electrons. The fourth-order valence-corrected chi connectivity index (χ4v) is 0.997. The van der Waals surface area contributed by atoms with E-state index >= 15 is 0 Å². The van der Waals surface area contributed by atoms with Crippen molar-refractivity contribution in [1.82, 2.24) is 0 Å². The lowest BCUT2D eigenvalue weighted by atomic mass is 10.2. The summed E-state index contributed by atoms with van der Waals surface area (Å²) in [6, 6.07) is 5.92. The molecule has 0 unspecified atom stereocenters. The third-order valence-corrected chi connectivity index (χ3v) is 1.60. The lowest BCUT2D eigenvalue weighted by Gasteiger charge is -1.94. The van der Waals surface area contributed by atoms with E-state index in [1.54, 1.807) is 19.1 Å². The smallest absolute Gasteiger partial charge is 0.317 e. The zero-order chi connectivity index (χ0) is 11.1. The van der Waals surface area contributed by atoms with Gasteiger partial charge in [0.25, 0.3) is 0 Å². The third kappa shape index (κ3) is 4.28. The van der Waals surface area contributed by atoms with Gasteiger partial charge in [-0.05, 0) is 25.1 Å². The first-order chi connectivity index (χ1) is 7.22. The molecule has 0 aliphatic carbocycles. The molecule has 0 N–H and O–H groups in total. The number of ether oxygens (including phenoxy) is 1. The van der Waals surface area contributed by atoms with Crippen LogP contribution in [0.15, 0.2) is 24.3 Å². The largest absolute Gasteiger partial charge is 0.465 e. The summed E-state index contributed by atoms with van der Waals surface area (Å²) in [7, 11) is 0. The van der Waals surface area contributed by atoms with Crippen LogP contribution in [0.25, 0.3) is 0 Å². The number of halogens is 1. The number of benzene rings is 1. The van der Waals surface area contributed by atoms with Crippen LogP contribution in [0.1, 0.15) is 18.9 Å². The van der Waals surface area contributed by atoms with E-state index in [1.165, 1.54) is 12.1 Å². The van der Waals surface area contributed by atoms with Gasteiger partial charge in [0, 0.05) is 5.56 Å². The quantitative estimate of drug-likeness (QED) is 0.547. The number of carbonyl (C=O) groups is 1. The van der Waals surface area contributed by atoms with E-state index < -0.39 is 0 Å². The Balaban J connectivity index is 2.55. The maximum absolute atomic E-state index is 12.7. The molecular formula is C12H11FO2. The molecule has 0 saturated carbocycles. The zero-order valence-corrected chi connectivity index (χ0v) is 8.42. The molecule has 1 aromatic carbocycles. The Bertz CT molecular complexity index is 402. The number of hydrogen-bond donors (Lipinski definition) is 0. The summed E-state index contributed by atoms with van der Waals surface area (Å²) in [6.45, 7) is 2.08. The second-order valence-electron chi connectivity index (χ2n) is 2.79. The van der Waals surface area contributed by atoms with E-state index in [1.807, 2.05) is 0 Å². The second kappa shape index (κ2) is 5.82. The first-order valence-electron chi connectivity index (χ1n) is 4.62. The molecule has 2 nitrogen and oxygen atoms in total. The average molecular weight is 206 g/mol. The van der Waals surface area contributed by atoms with E-state index in [0.29, 0.717) is 12.2 Å². The molecule has 0 heterocycles. The van der Waals surface area contributed by atoms with Crippen LogP contribution in [0.4, 0.5) is 4.39 Å². The monoisotopic (exact) mass is 206 g/mol. The van der Waals surface area contributed by atoms with Gasteiger partial charge in [0.2, 0.25) is 0 Å². The summed E-state index contributed by atoms with van der Waals surface area (Å²) in [5, 5.41) is 0. The zero-order valence-electron chi connectivity index (χ0n) is 8.42. The van der Waals surface area contributed by atoms with E-state index in [-0.39, 0.29) is 18.2 Å². The van der Waals surface area contributed by atoms with E-state index in [4.69, 9.17) is 0 Å². The predicted molar refractivity (Wildman–Crippen MR) is 54.5 cm³/mol. The van der Waals surface area contributed by atoms with E-state index in [0.717, 1.165) is 0 Å². The summed E-state index contributed by atoms with van der Waals surface area (Å²) in [6.07, 6.45) is 0.0321. The first kappa shape index (κ1) is 11.3. The summed E-state index contributed by atoms with van der Waals surface area (Å²) >= 11 is 0. The van der Waals surface area contributed by atoms with Crippen LogP contribution >= 0.6 is 0 Å². The highest BCUT2D eigenvalue weighted by Gasteiger charge is 1.96. The van der Waals surface area contributed by atoms with Crippen LogP contribution in [-0.4, -0.2) is 12.6 Å². The third-order valence-electron chi connectivity index (χ3n) is 1.60.